The van der Waals surface area contributed by atoms with E-state index in [4.69, 9.17) is 0 Å². The van der Waals surface area contributed by atoms with Crippen molar-refractivity contribution in [3.05, 3.63) is 62.5 Å². The van der Waals surface area contributed by atoms with Crippen LogP contribution in [0.15, 0.2) is 39.3 Å². The lowest BCUT2D eigenvalue weighted by atomic mass is 10.1. The molecule has 0 aliphatic carbocycles. The molecule has 3 nitrogen and oxygen atoms in total. The summed E-state index contributed by atoms with van der Waals surface area (Å²) < 4.78 is 1.66. The van der Waals surface area contributed by atoms with Crippen LogP contribution in [-0.4, -0.2) is 9.38 Å². The van der Waals surface area contributed by atoms with Gasteiger partial charge in [-0.2, -0.15) is 0 Å². The molecule has 3 aromatic rings. The number of thiazole rings is 1. The zero-order chi connectivity index (χ0) is 15.0. The molecule has 0 atom stereocenters. The Morgan fingerprint density at radius 1 is 1.19 bits per heavy atom. The van der Waals surface area contributed by atoms with E-state index < -0.39 is 0 Å². The van der Waals surface area contributed by atoms with Crippen molar-refractivity contribution in [3.63, 3.8) is 0 Å². The number of aromatic nitrogens is 2. The van der Waals surface area contributed by atoms with E-state index in [9.17, 15) is 4.79 Å². The summed E-state index contributed by atoms with van der Waals surface area (Å²) in [6, 6.07) is 8.07. The predicted octanol–water partition coefficient (Wildman–Crippen LogP) is 3.97. The summed E-state index contributed by atoms with van der Waals surface area (Å²) in [6.45, 7) is 6.15. The van der Waals surface area contributed by atoms with Gasteiger partial charge in [0, 0.05) is 27.8 Å². The highest BCUT2D eigenvalue weighted by Crippen LogP contribution is 2.24. The molecular weight excluding hydrogens is 300 g/mol. The van der Waals surface area contributed by atoms with Crippen LogP contribution in [-0.2, 0) is 5.75 Å². The first-order valence-corrected chi connectivity index (χ1v) is 8.58. The van der Waals surface area contributed by atoms with Gasteiger partial charge in [-0.15, -0.1) is 23.1 Å². The molecule has 0 bridgehead atoms. The van der Waals surface area contributed by atoms with Crippen molar-refractivity contribution in [1.82, 2.24) is 9.38 Å². The van der Waals surface area contributed by atoms with Crippen LogP contribution in [0.25, 0.3) is 4.96 Å². The molecule has 0 N–H and O–H groups in total. The van der Waals surface area contributed by atoms with Gasteiger partial charge in [-0.05, 0) is 44.0 Å². The van der Waals surface area contributed by atoms with Gasteiger partial charge in [-0.1, -0.05) is 6.07 Å². The number of thioether (sulfide) groups is 1. The van der Waals surface area contributed by atoms with E-state index in [1.165, 1.54) is 27.4 Å². The highest BCUT2D eigenvalue weighted by molar-refractivity contribution is 7.98. The first-order chi connectivity index (χ1) is 10.0. The first-order valence-electron chi connectivity index (χ1n) is 6.71. The minimum Gasteiger partial charge on any atom is -0.269 e. The molecular formula is C16H16N2OS2. The van der Waals surface area contributed by atoms with Crippen molar-refractivity contribution in [2.45, 2.75) is 31.4 Å². The highest BCUT2D eigenvalue weighted by Gasteiger charge is 2.07. The molecule has 0 radical (unpaired) electrons. The first kappa shape index (κ1) is 14.4. The fraction of sp³-hybridized carbons (Fsp3) is 0.250. The van der Waals surface area contributed by atoms with Gasteiger partial charge in [0.25, 0.3) is 5.56 Å². The van der Waals surface area contributed by atoms with Crippen molar-refractivity contribution >= 4 is 28.1 Å². The second-order valence-corrected chi connectivity index (χ2v) is 7.00. The number of nitrogens with zero attached hydrogens (tertiary/aromatic N) is 2. The Morgan fingerprint density at radius 2 is 2.00 bits per heavy atom. The second-order valence-electron chi connectivity index (χ2n) is 5.12. The van der Waals surface area contributed by atoms with Gasteiger partial charge in [0.05, 0.1) is 5.69 Å². The van der Waals surface area contributed by atoms with Crippen LogP contribution >= 0.6 is 23.1 Å². The van der Waals surface area contributed by atoms with Crippen molar-refractivity contribution < 1.29 is 0 Å². The highest BCUT2D eigenvalue weighted by atomic mass is 32.2. The van der Waals surface area contributed by atoms with Crippen molar-refractivity contribution in [3.8, 4) is 0 Å². The number of rotatable bonds is 3. The zero-order valence-corrected chi connectivity index (χ0v) is 13.8. The molecule has 108 valence electrons. The van der Waals surface area contributed by atoms with Crippen molar-refractivity contribution in [2.75, 3.05) is 0 Å². The van der Waals surface area contributed by atoms with E-state index in [2.05, 4.69) is 37.0 Å². The number of hydrogen-bond acceptors (Lipinski definition) is 4. The Labute approximate surface area is 131 Å². The average molecular weight is 316 g/mol. The maximum absolute atomic E-state index is 12.1. The fourth-order valence-electron chi connectivity index (χ4n) is 2.14. The molecule has 1 aromatic carbocycles. The van der Waals surface area contributed by atoms with Crippen molar-refractivity contribution in [1.29, 1.82) is 0 Å². The molecule has 5 heteroatoms. The van der Waals surface area contributed by atoms with Gasteiger partial charge in [0.15, 0.2) is 4.96 Å². The fourth-order valence-corrected chi connectivity index (χ4v) is 3.91. The molecule has 2 heterocycles. The monoisotopic (exact) mass is 316 g/mol. The van der Waals surface area contributed by atoms with E-state index in [0.717, 1.165) is 16.3 Å². The smallest absolute Gasteiger partial charge is 0.258 e. The maximum atomic E-state index is 12.1. The van der Waals surface area contributed by atoms with Gasteiger partial charge in [0.1, 0.15) is 0 Å². The SMILES string of the molecule is Cc1ccc(SCc2cc(=O)n3c(C)csc3n2)cc1C. The molecule has 0 amide bonds. The van der Waals surface area contributed by atoms with Crippen LogP contribution in [0.2, 0.25) is 0 Å². The molecule has 0 spiro atoms. The zero-order valence-electron chi connectivity index (χ0n) is 12.2. The van der Waals surface area contributed by atoms with Crippen LogP contribution in [0.4, 0.5) is 0 Å². The Bertz CT molecular complexity index is 864. The second kappa shape index (κ2) is 5.66. The lowest BCUT2D eigenvalue weighted by Gasteiger charge is -2.05. The van der Waals surface area contributed by atoms with E-state index in [1.54, 1.807) is 22.2 Å². The summed E-state index contributed by atoms with van der Waals surface area (Å²) in [4.78, 5) is 18.7. The van der Waals surface area contributed by atoms with E-state index in [-0.39, 0.29) is 5.56 Å². The van der Waals surface area contributed by atoms with Crippen LogP contribution in [0.3, 0.4) is 0 Å². The van der Waals surface area contributed by atoms with Gasteiger partial charge in [0.2, 0.25) is 0 Å². The predicted molar refractivity (Wildman–Crippen MR) is 89.6 cm³/mol. The van der Waals surface area contributed by atoms with Crippen molar-refractivity contribution in [2.24, 2.45) is 0 Å². The molecule has 0 aliphatic rings. The minimum atomic E-state index is 0.00874. The molecule has 0 aliphatic heterocycles. The lowest BCUT2D eigenvalue weighted by molar-refractivity contribution is 0.997. The normalized spacial score (nSPS) is 11.2. The molecule has 21 heavy (non-hydrogen) atoms. The molecule has 3 rings (SSSR count). The lowest BCUT2D eigenvalue weighted by Crippen LogP contribution is -2.14. The standard InChI is InChI=1S/C16H16N2OS2/c1-10-4-5-14(6-11(10)2)20-9-13-7-15(19)18-12(3)8-21-16(18)17-13/h4-8H,9H2,1-3H3. The van der Waals surface area contributed by atoms with Crippen LogP contribution in [0.1, 0.15) is 22.5 Å². The Balaban J connectivity index is 1.85. The average Bonchev–Trinajstić information content (AvgIpc) is 2.82. The van der Waals surface area contributed by atoms with Gasteiger partial charge in [-0.3, -0.25) is 9.20 Å². The third-order valence-corrected chi connectivity index (χ3v) is 5.46. The van der Waals surface area contributed by atoms with Crippen LogP contribution in [0.5, 0.6) is 0 Å². The molecule has 2 aromatic heterocycles. The molecule has 0 saturated carbocycles. The number of fused-ring (bicyclic) bond motifs is 1. The number of benzene rings is 1. The molecule has 0 saturated heterocycles. The third-order valence-electron chi connectivity index (χ3n) is 3.49. The number of hydrogen-bond donors (Lipinski definition) is 0. The van der Waals surface area contributed by atoms with Crippen LogP contribution in [0, 0.1) is 20.8 Å². The molecule has 0 unspecified atom stereocenters. The molecule has 0 fully saturated rings. The Morgan fingerprint density at radius 3 is 2.76 bits per heavy atom. The summed E-state index contributed by atoms with van der Waals surface area (Å²) in [5.74, 6) is 0.713. The summed E-state index contributed by atoms with van der Waals surface area (Å²) in [5.41, 5.74) is 4.38. The summed E-state index contributed by atoms with van der Waals surface area (Å²) in [6.07, 6.45) is 0. The van der Waals surface area contributed by atoms with Crippen LogP contribution < -0.4 is 5.56 Å². The van der Waals surface area contributed by atoms with Gasteiger partial charge in [-0.25, -0.2) is 4.98 Å². The third kappa shape index (κ3) is 2.89. The van der Waals surface area contributed by atoms with E-state index in [1.807, 2.05) is 12.3 Å². The number of aryl methyl sites for hydroxylation is 3. The minimum absolute atomic E-state index is 0.00874. The van der Waals surface area contributed by atoms with E-state index in [0.29, 0.717) is 5.75 Å². The summed E-state index contributed by atoms with van der Waals surface area (Å²) >= 11 is 3.23. The quantitative estimate of drug-likeness (QED) is 0.686. The Kier molecular flexibility index (Phi) is 3.87. The summed E-state index contributed by atoms with van der Waals surface area (Å²) in [5, 5.41) is 1.96. The topological polar surface area (TPSA) is 34.4 Å². The summed E-state index contributed by atoms with van der Waals surface area (Å²) in [7, 11) is 0. The largest absolute Gasteiger partial charge is 0.269 e. The van der Waals surface area contributed by atoms with Gasteiger partial charge < -0.3 is 0 Å². The maximum Gasteiger partial charge on any atom is 0.258 e. The Hall–Kier alpha value is -1.59. The van der Waals surface area contributed by atoms with Gasteiger partial charge >= 0.3 is 0 Å². The van der Waals surface area contributed by atoms with E-state index >= 15 is 0 Å².